The summed E-state index contributed by atoms with van der Waals surface area (Å²) in [6.07, 6.45) is 1.48. The van der Waals surface area contributed by atoms with E-state index in [-0.39, 0.29) is 12.1 Å². The first-order valence-electron chi connectivity index (χ1n) is 11.0. The van der Waals surface area contributed by atoms with Crippen LogP contribution in [0.25, 0.3) is 0 Å². The zero-order chi connectivity index (χ0) is 23.1. The lowest BCUT2D eigenvalue weighted by atomic mass is 10.0. The number of nitrogens with one attached hydrogen (secondary N) is 1. The highest BCUT2D eigenvalue weighted by Crippen LogP contribution is 2.35. The van der Waals surface area contributed by atoms with Crippen molar-refractivity contribution in [3.63, 3.8) is 0 Å². The van der Waals surface area contributed by atoms with Crippen LogP contribution in [-0.4, -0.2) is 42.8 Å². The van der Waals surface area contributed by atoms with Gasteiger partial charge in [0, 0.05) is 25.7 Å². The zero-order valence-electron chi connectivity index (χ0n) is 19.3. The van der Waals surface area contributed by atoms with E-state index in [9.17, 15) is 4.79 Å². The van der Waals surface area contributed by atoms with Crippen LogP contribution in [0.3, 0.4) is 0 Å². The predicted molar refractivity (Wildman–Crippen MR) is 134 cm³/mol. The number of benzene rings is 2. The average molecular weight is 552 g/mol. The minimum atomic E-state index is -0.474. The smallest absolute Gasteiger partial charge is 0.407 e. The van der Waals surface area contributed by atoms with Crippen LogP contribution in [0.4, 0.5) is 4.79 Å². The van der Waals surface area contributed by atoms with E-state index in [1.165, 1.54) is 5.56 Å². The molecule has 7 heteroatoms. The second-order valence-corrected chi connectivity index (χ2v) is 10.2. The first-order valence-corrected chi connectivity index (χ1v) is 12.1. The molecule has 1 saturated heterocycles. The summed E-state index contributed by atoms with van der Waals surface area (Å²) in [5.74, 6) is 1.53. The first kappa shape index (κ1) is 24.6. The molecule has 174 valence electrons. The highest BCUT2D eigenvalue weighted by Gasteiger charge is 2.24. The highest BCUT2D eigenvalue weighted by atomic mass is 127. The molecule has 3 rings (SSSR count). The molecule has 0 bridgehead atoms. The van der Waals surface area contributed by atoms with Crippen molar-refractivity contribution in [1.82, 2.24) is 10.2 Å². The van der Waals surface area contributed by atoms with Gasteiger partial charge in [0.25, 0.3) is 0 Å². The number of methoxy groups -OCH3 is 1. The fraction of sp³-hybridized carbons (Fsp3) is 0.480. The summed E-state index contributed by atoms with van der Waals surface area (Å²) < 4.78 is 18.1. The molecule has 0 unspecified atom stereocenters. The number of hydrogen-bond donors (Lipinski definition) is 1. The van der Waals surface area contributed by atoms with Crippen LogP contribution in [0.5, 0.6) is 11.5 Å². The van der Waals surface area contributed by atoms with Gasteiger partial charge in [-0.25, -0.2) is 4.79 Å². The first-order chi connectivity index (χ1) is 15.2. The molecule has 6 nitrogen and oxygen atoms in total. The summed E-state index contributed by atoms with van der Waals surface area (Å²) in [7, 11) is 1.68. The number of rotatable bonds is 7. The predicted octanol–water partition coefficient (Wildman–Crippen LogP) is 5.37. The van der Waals surface area contributed by atoms with Gasteiger partial charge in [0.1, 0.15) is 12.2 Å². The van der Waals surface area contributed by atoms with E-state index in [2.05, 4.69) is 57.1 Å². The largest absolute Gasteiger partial charge is 0.493 e. The van der Waals surface area contributed by atoms with Gasteiger partial charge >= 0.3 is 6.09 Å². The van der Waals surface area contributed by atoms with Crippen molar-refractivity contribution in [3.8, 4) is 11.5 Å². The van der Waals surface area contributed by atoms with E-state index < -0.39 is 5.60 Å². The van der Waals surface area contributed by atoms with Crippen molar-refractivity contribution in [2.24, 2.45) is 0 Å². The molecule has 0 saturated carbocycles. The lowest BCUT2D eigenvalue weighted by molar-refractivity contribution is 0.0477. The molecule has 0 spiro atoms. The highest BCUT2D eigenvalue weighted by molar-refractivity contribution is 14.1. The van der Waals surface area contributed by atoms with Crippen LogP contribution in [0.15, 0.2) is 42.5 Å². The Balaban J connectivity index is 1.54. The Morgan fingerprint density at radius 1 is 1.12 bits per heavy atom. The summed E-state index contributed by atoms with van der Waals surface area (Å²) in [4.78, 5) is 14.4. The Hall–Kier alpha value is -2.00. The van der Waals surface area contributed by atoms with Crippen molar-refractivity contribution in [1.29, 1.82) is 0 Å². The monoisotopic (exact) mass is 552 g/mol. The summed E-state index contributed by atoms with van der Waals surface area (Å²) >= 11 is 2.31. The number of piperidine rings is 1. The van der Waals surface area contributed by atoms with Crippen LogP contribution < -0.4 is 14.8 Å². The molecule has 0 atom stereocenters. The third kappa shape index (κ3) is 7.55. The molecular weight excluding hydrogens is 519 g/mol. The number of amides is 1. The van der Waals surface area contributed by atoms with Crippen molar-refractivity contribution in [3.05, 3.63) is 57.2 Å². The topological polar surface area (TPSA) is 60.0 Å². The zero-order valence-corrected chi connectivity index (χ0v) is 21.5. The van der Waals surface area contributed by atoms with Crippen LogP contribution >= 0.6 is 22.6 Å². The van der Waals surface area contributed by atoms with Crippen LogP contribution in [-0.2, 0) is 17.9 Å². The van der Waals surface area contributed by atoms with E-state index >= 15 is 0 Å². The fourth-order valence-electron chi connectivity index (χ4n) is 3.70. The second kappa shape index (κ2) is 11.2. The van der Waals surface area contributed by atoms with Crippen molar-refractivity contribution in [2.75, 3.05) is 20.2 Å². The maximum absolute atomic E-state index is 12.0. The summed E-state index contributed by atoms with van der Waals surface area (Å²) in [6, 6.07) is 14.5. The fourth-order valence-corrected chi connectivity index (χ4v) is 4.52. The number of likely N-dealkylation sites (tertiary alicyclic amines) is 1. The van der Waals surface area contributed by atoms with Gasteiger partial charge in [-0.2, -0.15) is 0 Å². The van der Waals surface area contributed by atoms with E-state index in [1.54, 1.807) is 7.11 Å². The normalized spacial score (nSPS) is 15.3. The van der Waals surface area contributed by atoms with E-state index in [1.807, 2.05) is 39.0 Å². The summed E-state index contributed by atoms with van der Waals surface area (Å²) in [5.41, 5.74) is 1.84. The number of halogens is 1. The average Bonchev–Trinajstić information content (AvgIpc) is 2.73. The molecule has 1 aliphatic rings. The maximum atomic E-state index is 12.0. The standard InChI is InChI=1S/C25H33IN2O4/c1-25(2,3)32-24(29)27-20-10-12-28(13-11-20)16-19-14-21(26)23(22(15-19)30-4)31-17-18-8-6-5-7-9-18/h5-9,14-15,20H,10-13,16-17H2,1-4H3,(H,27,29). The number of carbonyl (C=O) groups excluding carboxylic acids is 1. The third-order valence-corrected chi connectivity index (χ3v) is 6.03. The number of hydrogen-bond acceptors (Lipinski definition) is 5. The number of ether oxygens (including phenoxy) is 3. The minimum Gasteiger partial charge on any atom is -0.493 e. The van der Waals surface area contributed by atoms with E-state index in [0.717, 1.165) is 53.1 Å². The van der Waals surface area contributed by atoms with Gasteiger partial charge in [0.05, 0.1) is 10.7 Å². The summed E-state index contributed by atoms with van der Waals surface area (Å²) in [5, 5.41) is 3.00. The Morgan fingerprint density at radius 3 is 2.44 bits per heavy atom. The minimum absolute atomic E-state index is 0.157. The molecule has 0 radical (unpaired) electrons. The summed E-state index contributed by atoms with van der Waals surface area (Å²) in [6.45, 7) is 8.82. The van der Waals surface area contributed by atoms with Crippen molar-refractivity contribution < 1.29 is 19.0 Å². The number of nitrogens with zero attached hydrogens (tertiary/aromatic N) is 1. The molecule has 32 heavy (non-hydrogen) atoms. The molecule has 1 N–H and O–H groups in total. The molecular formula is C25H33IN2O4. The number of alkyl carbamates (subject to hydrolysis) is 1. The lowest BCUT2D eigenvalue weighted by Gasteiger charge is -2.33. The maximum Gasteiger partial charge on any atom is 0.407 e. The molecule has 1 heterocycles. The van der Waals surface area contributed by atoms with E-state index in [0.29, 0.717) is 6.61 Å². The number of carbonyl (C=O) groups is 1. The quantitative estimate of drug-likeness (QED) is 0.469. The Bertz CT molecular complexity index is 891. The van der Waals surface area contributed by atoms with Crippen LogP contribution in [0.2, 0.25) is 0 Å². The SMILES string of the molecule is COc1cc(CN2CCC(NC(=O)OC(C)(C)C)CC2)cc(I)c1OCc1ccccc1. The van der Waals surface area contributed by atoms with Gasteiger partial charge in [-0.1, -0.05) is 30.3 Å². The van der Waals surface area contributed by atoms with Gasteiger partial charge in [0.15, 0.2) is 11.5 Å². The van der Waals surface area contributed by atoms with Gasteiger partial charge < -0.3 is 19.5 Å². The molecule has 1 aliphatic heterocycles. The van der Waals surface area contributed by atoms with Crippen LogP contribution in [0, 0.1) is 3.57 Å². The van der Waals surface area contributed by atoms with Crippen molar-refractivity contribution >= 4 is 28.7 Å². The van der Waals surface area contributed by atoms with Crippen LogP contribution in [0.1, 0.15) is 44.7 Å². The van der Waals surface area contributed by atoms with Gasteiger partial charge in [0.2, 0.25) is 0 Å². The Labute approximate surface area is 204 Å². The Kier molecular flexibility index (Phi) is 8.64. The second-order valence-electron chi connectivity index (χ2n) is 9.08. The molecule has 2 aromatic rings. The lowest BCUT2D eigenvalue weighted by Crippen LogP contribution is -2.45. The molecule has 1 amide bonds. The molecule has 2 aromatic carbocycles. The molecule has 0 aromatic heterocycles. The van der Waals surface area contributed by atoms with Gasteiger partial charge in [-0.3, -0.25) is 4.90 Å². The molecule has 0 aliphatic carbocycles. The van der Waals surface area contributed by atoms with Gasteiger partial charge in [-0.05, 0) is 79.5 Å². The molecule has 1 fully saturated rings. The van der Waals surface area contributed by atoms with Crippen molar-refractivity contribution in [2.45, 2.75) is 58.4 Å². The Morgan fingerprint density at radius 2 is 1.81 bits per heavy atom. The van der Waals surface area contributed by atoms with Gasteiger partial charge in [-0.15, -0.1) is 0 Å². The van der Waals surface area contributed by atoms with E-state index in [4.69, 9.17) is 14.2 Å². The third-order valence-electron chi connectivity index (χ3n) is 5.23.